The van der Waals surface area contributed by atoms with Crippen molar-refractivity contribution in [2.24, 2.45) is 11.8 Å². The molecule has 0 atom stereocenters. The van der Waals surface area contributed by atoms with E-state index in [1.807, 2.05) is 13.8 Å². The summed E-state index contributed by atoms with van der Waals surface area (Å²) in [7, 11) is 0. The molecule has 1 aliphatic carbocycles. The molecule has 0 aliphatic heterocycles. The lowest BCUT2D eigenvalue weighted by Crippen LogP contribution is -2.34. The molecule has 1 N–H and O–H groups in total. The number of hydrogen-bond donors (Lipinski definition) is 1. The van der Waals surface area contributed by atoms with Gasteiger partial charge >= 0.3 is 0 Å². The van der Waals surface area contributed by atoms with Gasteiger partial charge in [-0.3, -0.25) is 0 Å². The van der Waals surface area contributed by atoms with Gasteiger partial charge in [0.2, 0.25) is 0 Å². The lowest BCUT2D eigenvalue weighted by Gasteiger charge is -2.35. The highest BCUT2D eigenvalue weighted by atomic mass is 79.9. The molecule has 1 saturated carbocycles. The molecule has 0 bridgehead atoms. The third kappa shape index (κ3) is 2.74. The van der Waals surface area contributed by atoms with E-state index in [0.29, 0.717) is 5.92 Å². The van der Waals surface area contributed by atoms with E-state index in [4.69, 9.17) is 0 Å². The molecular weight excluding hydrogens is 216 g/mol. The van der Waals surface area contributed by atoms with Gasteiger partial charge in [0.05, 0.1) is 5.60 Å². The molecule has 0 radical (unpaired) electrons. The van der Waals surface area contributed by atoms with Crippen molar-refractivity contribution in [1.29, 1.82) is 0 Å². The predicted molar refractivity (Wildman–Crippen MR) is 55.5 cm³/mol. The van der Waals surface area contributed by atoms with Crippen LogP contribution in [0.4, 0.5) is 0 Å². The topological polar surface area (TPSA) is 20.2 Å². The fraction of sp³-hybridized carbons (Fsp3) is 1.00. The zero-order chi connectivity index (χ0) is 9.19. The van der Waals surface area contributed by atoms with Crippen LogP contribution in [0.15, 0.2) is 0 Å². The molecule has 2 heteroatoms. The summed E-state index contributed by atoms with van der Waals surface area (Å²) < 4.78 is 0. The Labute approximate surface area is 83.7 Å². The summed E-state index contributed by atoms with van der Waals surface area (Å²) >= 11 is 3.52. The van der Waals surface area contributed by atoms with Crippen LogP contribution in [-0.2, 0) is 0 Å². The lowest BCUT2D eigenvalue weighted by molar-refractivity contribution is -0.00433. The molecule has 72 valence electrons. The van der Waals surface area contributed by atoms with Crippen LogP contribution in [0.1, 0.15) is 39.5 Å². The van der Waals surface area contributed by atoms with Gasteiger partial charge in [0.15, 0.2) is 0 Å². The summed E-state index contributed by atoms with van der Waals surface area (Å²) in [6.07, 6.45) is 4.94. The van der Waals surface area contributed by atoms with Gasteiger partial charge in [-0.15, -0.1) is 0 Å². The van der Waals surface area contributed by atoms with E-state index in [2.05, 4.69) is 15.9 Å². The molecule has 0 unspecified atom stereocenters. The number of aliphatic hydroxyl groups is 1. The summed E-state index contributed by atoms with van der Waals surface area (Å²) in [6.45, 7) is 3.87. The summed E-state index contributed by atoms with van der Waals surface area (Å²) in [6, 6.07) is 0. The van der Waals surface area contributed by atoms with E-state index >= 15 is 0 Å². The molecule has 0 saturated heterocycles. The Balaban J connectivity index is 2.36. The first-order valence-corrected chi connectivity index (χ1v) is 5.94. The highest BCUT2D eigenvalue weighted by Gasteiger charge is 2.30. The average Bonchev–Trinajstić information content (AvgIpc) is 2.03. The number of rotatable bonds is 2. The van der Waals surface area contributed by atoms with E-state index in [1.165, 1.54) is 25.7 Å². The molecule has 0 spiro atoms. The van der Waals surface area contributed by atoms with Crippen LogP contribution >= 0.6 is 15.9 Å². The Morgan fingerprint density at radius 1 is 1.25 bits per heavy atom. The van der Waals surface area contributed by atoms with Crippen molar-refractivity contribution in [3.63, 3.8) is 0 Å². The van der Waals surface area contributed by atoms with Crippen molar-refractivity contribution in [1.82, 2.24) is 0 Å². The Bertz CT molecular complexity index is 131. The standard InChI is InChI=1S/C10H19BrO/c1-10(2,12)9-5-3-8(7-11)4-6-9/h8-9,12H,3-7H2,1-2H3/t8-,9-. The van der Waals surface area contributed by atoms with E-state index < -0.39 is 5.60 Å². The largest absolute Gasteiger partial charge is 0.390 e. The number of hydrogen-bond acceptors (Lipinski definition) is 1. The van der Waals surface area contributed by atoms with E-state index in [9.17, 15) is 5.11 Å². The molecule has 0 amide bonds. The van der Waals surface area contributed by atoms with Crippen molar-refractivity contribution >= 4 is 15.9 Å². The molecule has 0 heterocycles. The Hall–Kier alpha value is 0.440. The summed E-state index contributed by atoms with van der Waals surface area (Å²) in [5.74, 6) is 1.37. The quantitative estimate of drug-likeness (QED) is 0.729. The first kappa shape index (κ1) is 10.5. The van der Waals surface area contributed by atoms with Gasteiger partial charge in [-0.1, -0.05) is 15.9 Å². The summed E-state index contributed by atoms with van der Waals surface area (Å²) in [5, 5.41) is 10.9. The zero-order valence-electron chi connectivity index (χ0n) is 8.02. The maximum atomic E-state index is 9.79. The van der Waals surface area contributed by atoms with Gasteiger partial charge in [-0.2, -0.15) is 0 Å². The monoisotopic (exact) mass is 234 g/mol. The molecule has 0 aromatic rings. The maximum absolute atomic E-state index is 9.79. The van der Waals surface area contributed by atoms with Gasteiger partial charge in [0.25, 0.3) is 0 Å². The summed E-state index contributed by atoms with van der Waals surface area (Å²) in [5.41, 5.74) is -0.461. The van der Waals surface area contributed by atoms with Crippen LogP contribution in [0.3, 0.4) is 0 Å². The van der Waals surface area contributed by atoms with Crippen LogP contribution < -0.4 is 0 Å². The maximum Gasteiger partial charge on any atom is 0.0619 e. The molecule has 0 aromatic carbocycles. The molecular formula is C10H19BrO. The molecule has 1 aliphatic rings. The highest BCUT2D eigenvalue weighted by Crippen LogP contribution is 2.35. The van der Waals surface area contributed by atoms with Gasteiger partial charge in [-0.25, -0.2) is 0 Å². The minimum Gasteiger partial charge on any atom is -0.390 e. The van der Waals surface area contributed by atoms with Gasteiger partial charge in [0, 0.05) is 5.33 Å². The zero-order valence-corrected chi connectivity index (χ0v) is 9.60. The summed E-state index contributed by atoms with van der Waals surface area (Å²) in [4.78, 5) is 0. The number of alkyl halides is 1. The average molecular weight is 235 g/mol. The van der Waals surface area contributed by atoms with Crippen molar-refractivity contribution < 1.29 is 5.11 Å². The second-order valence-electron chi connectivity index (χ2n) is 4.53. The predicted octanol–water partition coefficient (Wildman–Crippen LogP) is 2.96. The first-order chi connectivity index (χ1) is 5.54. The Morgan fingerprint density at radius 2 is 1.75 bits per heavy atom. The number of halogens is 1. The molecule has 1 nitrogen and oxygen atoms in total. The van der Waals surface area contributed by atoms with E-state index in [1.54, 1.807) is 0 Å². The van der Waals surface area contributed by atoms with Crippen molar-refractivity contribution in [2.45, 2.75) is 45.1 Å². The van der Waals surface area contributed by atoms with E-state index in [0.717, 1.165) is 11.2 Å². The minimum atomic E-state index is -0.461. The molecule has 0 aromatic heterocycles. The van der Waals surface area contributed by atoms with Gasteiger partial charge in [0.1, 0.15) is 0 Å². The SMILES string of the molecule is CC(C)(O)[C@H]1CC[C@H](CBr)CC1. The van der Waals surface area contributed by atoms with E-state index in [-0.39, 0.29) is 0 Å². The molecule has 12 heavy (non-hydrogen) atoms. The third-order valence-electron chi connectivity index (χ3n) is 3.06. The van der Waals surface area contributed by atoms with Crippen LogP contribution in [0.2, 0.25) is 0 Å². The normalized spacial score (nSPS) is 32.0. The van der Waals surface area contributed by atoms with Crippen LogP contribution in [0.5, 0.6) is 0 Å². The minimum absolute atomic E-state index is 0.461. The highest BCUT2D eigenvalue weighted by molar-refractivity contribution is 9.09. The lowest BCUT2D eigenvalue weighted by atomic mass is 9.75. The fourth-order valence-corrected chi connectivity index (χ4v) is 2.67. The molecule has 1 rings (SSSR count). The van der Waals surface area contributed by atoms with Crippen LogP contribution in [-0.4, -0.2) is 16.0 Å². The third-order valence-corrected chi connectivity index (χ3v) is 3.98. The van der Waals surface area contributed by atoms with Crippen molar-refractivity contribution in [3.8, 4) is 0 Å². The smallest absolute Gasteiger partial charge is 0.0619 e. The fourth-order valence-electron chi connectivity index (χ4n) is 2.02. The first-order valence-electron chi connectivity index (χ1n) is 4.82. The second-order valence-corrected chi connectivity index (χ2v) is 5.17. The Kier molecular flexibility index (Phi) is 3.59. The van der Waals surface area contributed by atoms with Gasteiger partial charge < -0.3 is 5.11 Å². The molecule has 1 fully saturated rings. The van der Waals surface area contributed by atoms with Crippen molar-refractivity contribution in [3.05, 3.63) is 0 Å². The second kappa shape index (κ2) is 4.10. The Morgan fingerprint density at radius 3 is 2.08 bits per heavy atom. The van der Waals surface area contributed by atoms with Crippen LogP contribution in [0, 0.1) is 11.8 Å². The van der Waals surface area contributed by atoms with Crippen LogP contribution in [0.25, 0.3) is 0 Å². The van der Waals surface area contributed by atoms with Gasteiger partial charge in [-0.05, 0) is 51.4 Å². The van der Waals surface area contributed by atoms with Crippen molar-refractivity contribution in [2.75, 3.05) is 5.33 Å².